The minimum Gasteiger partial charge on any atom is -0.478 e. The van der Waals surface area contributed by atoms with Gasteiger partial charge in [-0.2, -0.15) is 0 Å². The number of carboxylic acids is 1. The molecule has 0 spiro atoms. The van der Waals surface area contributed by atoms with Crippen molar-refractivity contribution in [1.82, 2.24) is 19.9 Å². The number of carbonyl (C=O) groups is 2. The summed E-state index contributed by atoms with van der Waals surface area (Å²) in [6, 6.07) is 2.80. The van der Waals surface area contributed by atoms with E-state index in [4.69, 9.17) is 10.8 Å². The standard InChI is InChI=1S/C13H15N5O3/c14-2-4-18-7-11(17-8-18)12(19)16-6-10-5-9(13(20)21)1-3-15-10/h1,3,5,7-8H,2,4,6,14H2,(H,16,19)(H,20,21). The number of carbonyl (C=O) groups excluding carboxylic acids is 1. The Labute approximate surface area is 120 Å². The Hall–Kier alpha value is -2.74. The van der Waals surface area contributed by atoms with Crippen LogP contribution in [0.4, 0.5) is 0 Å². The molecule has 0 aliphatic heterocycles. The highest BCUT2D eigenvalue weighted by Gasteiger charge is 2.10. The van der Waals surface area contributed by atoms with E-state index in [1.54, 1.807) is 10.8 Å². The van der Waals surface area contributed by atoms with Crippen molar-refractivity contribution in [3.63, 3.8) is 0 Å². The summed E-state index contributed by atoms with van der Waals surface area (Å²) in [5.41, 5.74) is 6.28. The number of hydrogen-bond acceptors (Lipinski definition) is 5. The molecule has 1 amide bonds. The van der Waals surface area contributed by atoms with E-state index in [9.17, 15) is 9.59 Å². The summed E-state index contributed by atoms with van der Waals surface area (Å²) in [6.07, 6.45) is 4.52. The highest BCUT2D eigenvalue weighted by molar-refractivity contribution is 5.92. The van der Waals surface area contributed by atoms with Crippen LogP contribution in [-0.2, 0) is 13.1 Å². The zero-order valence-corrected chi connectivity index (χ0v) is 11.2. The Balaban J connectivity index is 1.97. The normalized spacial score (nSPS) is 10.3. The molecule has 2 aromatic heterocycles. The fraction of sp³-hybridized carbons (Fsp3) is 0.231. The number of aromatic nitrogens is 3. The third kappa shape index (κ3) is 3.86. The third-order valence-electron chi connectivity index (χ3n) is 2.75. The highest BCUT2D eigenvalue weighted by Crippen LogP contribution is 2.02. The maximum atomic E-state index is 11.9. The number of nitrogens with zero attached hydrogens (tertiary/aromatic N) is 3. The lowest BCUT2D eigenvalue weighted by atomic mass is 10.2. The van der Waals surface area contributed by atoms with Crippen LogP contribution in [0.3, 0.4) is 0 Å². The Morgan fingerprint density at radius 1 is 1.38 bits per heavy atom. The molecule has 0 aliphatic carbocycles. The van der Waals surface area contributed by atoms with E-state index in [-0.39, 0.29) is 23.7 Å². The van der Waals surface area contributed by atoms with Crippen molar-refractivity contribution in [2.45, 2.75) is 13.1 Å². The van der Waals surface area contributed by atoms with Crippen molar-refractivity contribution >= 4 is 11.9 Å². The number of rotatable bonds is 6. The second-order valence-electron chi connectivity index (χ2n) is 4.31. The van der Waals surface area contributed by atoms with Gasteiger partial charge in [-0.3, -0.25) is 9.78 Å². The summed E-state index contributed by atoms with van der Waals surface area (Å²) in [5.74, 6) is -1.39. The van der Waals surface area contributed by atoms with Gasteiger partial charge in [0.25, 0.3) is 5.91 Å². The smallest absolute Gasteiger partial charge is 0.335 e. The molecule has 8 nitrogen and oxygen atoms in total. The van der Waals surface area contributed by atoms with Crippen molar-refractivity contribution in [3.05, 3.63) is 47.8 Å². The fourth-order valence-corrected chi connectivity index (χ4v) is 1.72. The summed E-state index contributed by atoms with van der Waals surface area (Å²) in [4.78, 5) is 30.7. The third-order valence-corrected chi connectivity index (χ3v) is 2.75. The summed E-state index contributed by atoms with van der Waals surface area (Å²) >= 11 is 0. The van der Waals surface area contributed by atoms with Crippen LogP contribution < -0.4 is 11.1 Å². The summed E-state index contributed by atoms with van der Waals surface area (Å²) in [5, 5.41) is 11.5. The van der Waals surface area contributed by atoms with Crippen molar-refractivity contribution in [1.29, 1.82) is 0 Å². The first kappa shape index (κ1) is 14.7. The quantitative estimate of drug-likeness (QED) is 0.680. The highest BCUT2D eigenvalue weighted by atomic mass is 16.4. The molecular weight excluding hydrogens is 274 g/mol. The molecule has 0 aromatic carbocycles. The first-order valence-electron chi connectivity index (χ1n) is 6.28. The van der Waals surface area contributed by atoms with Gasteiger partial charge in [0, 0.05) is 25.5 Å². The minimum atomic E-state index is -1.04. The van der Waals surface area contributed by atoms with Crippen LogP contribution in [0.25, 0.3) is 0 Å². The van der Waals surface area contributed by atoms with E-state index in [2.05, 4.69) is 15.3 Å². The molecule has 110 valence electrons. The minimum absolute atomic E-state index is 0.126. The first-order chi connectivity index (χ1) is 10.1. The second kappa shape index (κ2) is 6.62. The number of nitrogens with one attached hydrogen (secondary N) is 1. The van der Waals surface area contributed by atoms with Gasteiger partial charge < -0.3 is 20.7 Å². The van der Waals surface area contributed by atoms with Gasteiger partial charge in [0.2, 0.25) is 0 Å². The molecule has 0 saturated carbocycles. The molecule has 2 heterocycles. The molecular formula is C13H15N5O3. The number of imidazole rings is 1. The molecule has 21 heavy (non-hydrogen) atoms. The van der Waals surface area contributed by atoms with E-state index in [1.807, 2.05) is 0 Å². The first-order valence-corrected chi connectivity index (χ1v) is 6.28. The molecule has 4 N–H and O–H groups in total. The van der Waals surface area contributed by atoms with Gasteiger partial charge in [-0.1, -0.05) is 0 Å². The van der Waals surface area contributed by atoms with Gasteiger partial charge in [0.1, 0.15) is 5.69 Å². The lowest BCUT2D eigenvalue weighted by Gasteiger charge is -2.03. The van der Waals surface area contributed by atoms with E-state index in [1.165, 1.54) is 24.7 Å². The predicted octanol–water partition coefficient (Wildman–Crippen LogP) is -0.135. The Bertz CT molecular complexity index is 653. The van der Waals surface area contributed by atoms with E-state index < -0.39 is 5.97 Å². The largest absolute Gasteiger partial charge is 0.478 e. The Morgan fingerprint density at radius 3 is 2.90 bits per heavy atom. The molecule has 0 fully saturated rings. The van der Waals surface area contributed by atoms with Gasteiger partial charge in [-0.15, -0.1) is 0 Å². The average molecular weight is 289 g/mol. The molecule has 0 unspecified atom stereocenters. The average Bonchev–Trinajstić information content (AvgIpc) is 2.94. The van der Waals surface area contributed by atoms with Crippen LogP contribution in [0.5, 0.6) is 0 Å². The van der Waals surface area contributed by atoms with Crippen LogP contribution >= 0.6 is 0 Å². The number of aromatic carboxylic acids is 1. The summed E-state index contributed by atoms with van der Waals surface area (Å²) < 4.78 is 1.72. The summed E-state index contributed by atoms with van der Waals surface area (Å²) in [7, 11) is 0. The molecule has 0 saturated heterocycles. The van der Waals surface area contributed by atoms with Gasteiger partial charge in [0.05, 0.1) is 24.1 Å². The number of nitrogens with two attached hydrogens (primary N) is 1. The van der Waals surface area contributed by atoms with Crippen LogP contribution in [0, 0.1) is 0 Å². The molecule has 0 atom stereocenters. The Morgan fingerprint density at radius 2 is 2.19 bits per heavy atom. The monoisotopic (exact) mass is 289 g/mol. The second-order valence-corrected chi connectivity index (χ2v) is 4.31. The predicted molar refractivity (Wildman–Crippen MR) is 73.6 cm³/mol. The zero-order chi connectivity index (χ0) is 15.2. The van der Waals surface area contributed by atoms with E-state index >= 15 is 0 Å². The summed E-state index contributed by atoms with van der Waals surface area (Å²) in [6.45, 7) is 1.18. The lowest BCUT2D eigenvalue weighted by Crippen LogP contribution is -2.23. The van der Waals surface area contributed by atoms with Gasteiger partial charge >= 0.3 is 5.97 Å². The maximum absolute atomic E-state index is 11.9. The van der Waals surface area contributed by atoms with E-state index in [0.29, 0.717) is 18.8 Å². The molecule has 2 rings (SSSR count). The number of amides is 1. The van der Waals surface area contributed by atoms with Gasteiger partial charge in [0.15, 0.2) is 0 Å². The lowest BCUT2D eigenvalue weighted by molar-refractivity contribution is 0.0696. The molecule has 8 heteroatoms. The van der Waals surface area contributed by atoms with Crippen molar-refractivity contribution in [2.75, 3.05) is 6.54 Å². The number of pyridine rings is 1. The maximum Gasteiger partial charge on any atom is 0.335 e. The zero-order valence-electron chi connectivity index (χ0n) is 11.2. The topological polar surface area (TPSA) is 123 Å². The van der Waals surface area contributed by atoms with Crippen LogP contribution in [-0.4, -0.2) is 38.1 Å². The Kier molecular flexibility index (Phi) is 4.62. The van der Waals surface area contributed by atoms with Crippen LogP contribution in [0.2, 0.25) is 0 Å². The van der Waals surface area contributed by atoms with E-state index in [0.717, 1.165) is 0 Å². The number of carboxylic acid groups (broad SMARTS) is 1. The SMILES string of the molecule is NCCn1cnc(C(=O)NCc2cc(C(=O)O)ccn2)c1. The molecule has 0 radical (unpaired) electrons. The fourth-order valence-electron chi connectivity index (χ4n) is 1.72. The van der Waals surface area contributed by atoms with Crippen LogP contribution in [0.1, 0.15) is 26.5 Å². The van der Waals surface area contributed by atoms with Crippen LogP contribution in [0.15, 0.2) is 30.9 Å². The van der Waals surface area contributed by atoms with Crippen molar-refractivity contribution < 1.29 is 14.7 Å². The van der Waals surface area contributed by atoms with Gasteiger partial charge in [-0.25, -0.2) is 9.78 Å². The molecule has 2 aromatic rings. The molecule has 0 bridgehead atoms. The van der Waals surface area contributed by atoms with Crippen molar-refractivity contribution in [3.8, 4) is 0 Å². The van der Waals surface area contributed by atoms with Gasteiger partial charge in [-0.05, 0) is 12.1 Å². The van der Waals surface area contributed by atoms with Crippen molar-refractivity contribution in [2.24, 2.45) is 5.73 Å². The number of hydrogen-bond donors (Lipinski definition) is 3. The molecule has 0 aliphatic rings.